The number of aryl methyl sites for hydroxylation is 2. The number of hydrogen-bond acceptors (Lipinski definition) is 5. The maximum Gasteiger partial charge on any atom is 0.262 e. The summed E-state index contributed by atoms with van der Waals surface area (Å²) in [6.07, 6.45) is 6.34. The van der Waals surface area contributed by atoms with Crippen LogP contribution in [0.15, 0.2) is 24.5 Å². The Morgan fingerprint density at radius 3 is 2.60 bits per heavy atom. The molecule has 2 rings (SSSR count). The number of anilines is 1. The normalized spacial score (nSPS) is 10.8. The summed E-state index contributed by atoms with van der Waals surface area (Å²) in [5.41, 5.74) is 7.94. The zero-order chi connectivity index (χ0) is 14.5. The Morgan fingerprint density at radius 2 is 2.00 bits per heavy atom. The van der Waals surface area contributed by atoms with Crippen molar-refractivity contribution >= 4 is 17.9 Å². The highest BCUT2D eigenvalue weighted by atomic mass is 16.2. The van der Waals surface area contributed by atoms with Gasteiger partial charge in [0.1, 0.15) is 0 Å². The van der Waals surface area contributed by atoms with Crippen molar-refractivity contribution in [1.82, 2.24) is 25.2 Å². The minimum Gasteiger partial charge on any atom is -0.272 e. The predicted octanol–water partition coefficient (Wildman–Crippen LogP) is 0.983. The van der Waals surface area contributed by atoms with Gasteiger partial charge in [0, 0.05) is 36.8 Å². The van der Waals surface area contributed by atoms with Gasteiger partial charge >= 0.3 is 0 Å². The first-order chi connectivity index (χ1) is 9.58. The number of hydrazine groups is 1. The second-order valence-corrected chi connectivity index (χ2v) is 4.23. The van der Waals surface area contributed by atoms with E-state index >= 15 is 0 Å². The summed E-state index contributed by atoms with van der Waals surface area (Å²) in [5.74, 6) is 0.0445. The van der Waals surface area contributed by atoms with E-state index in [-0.39, 0.29) is 5.91 Å². The van der Waals surface area contributed by atoms with Gasteiger partial charge in [-0.25, -0.2) is 9.97 Å². The molecule has 0 bridgehead atoms. The van der Waals surface area contributed by atoms with E-state index in [1.165, 1.54) is 6.08 Å². The number of rotatable bonds is 4. The van der Waals surface area contributed by atoms with Crippen LogP contribution in [-0.4, -0.2) is 25.7 Å². The molecule has 2 aromatic heterocycles. The smallest absolute Gasteiger partial charge is 0.262 e. The maximum absolute atomic E-state index is 11.7. The highest BCUT2D eigenvalue weighted by Crippen LogP contribution is 2.13. The lowest BCUT2D eigenvalue weighted by molar-refractivity contribution is -0.116. The summed E-state index contributed by atoms with van der Waals surface area (Å²) in [6, 6.07) is 1.70. The quantitative estimate of drug-likeness (QED) is 0.640. The number of hydrogen-bond donors (Lipinski definition) is 2. The topological polar surface area (TPSA) is 84.7 Å². The van der Waals surface area contributed by atoms with E-state index in [1.807, 2.05) is 20.9 Å². The standard InChI is InChI=1S/C13H16N6O/c1-9-11(10(2)19(3)18-9)5-6-12(20)16-17-13-14-7-4-8-15-13/h4-8H,1-3H3,(H,16,20)(H,14,15,17)/b6-5-. The van der Waals surface area contributed by atoms with E-state index < -0.39 is 0 Å². The van der Waals surface area contributed by atoms with Gasteiger partial charge < -0.3 is 0 Å². The summed E-state index contributed by atoms with van der Waals surface area (Å²) in [4.78, 5) is 19.5. The van der Waals surface area contributed by atoms with Crippen LogP contribution in [0.25, 0.3) is 6.08 Å². The predicted molar refractivity (Wildman–Crippen MR) is 75.5 cm³/mol. The van der Waals surface area contributed by atoms with Gasteiger partial charge in [-0.3, -0.25) is 20.3 Å². The van der Waals surface area contributed by atoms with Crippen molar-refractivity contribution in [1.29, 1.82) is 0 Å². The molecular formula is C13H16N6O. The zero-order valence-corrected chi connectivity index (χ0v) is 11.6. The van der Waals surface area contributed by atoms with Gasteiger partial charge in [0.05, 0.1) is 5.69 Å². The van der Waals surface area contributed by atoms with Gasteiger partial charge in [-0.2, -0.15) is 5.10 Å². The maximum atomic E-state index is 11.7. The fourth-order valence-electron chi connectivity index (χ4n) is 1.71. The average Bonchev–Trinajstić information content (AvgIpc) is 2.69. The Labute approximate surface area is 116 Å². The third kappa shape index (κ3) is 3.19. The van der Waals surface area contributed by atoms with Crippen molar-refractivity contribution in [3.05, 3.63) is 41.5 Å². The molecule has 1 amide bonds. The minimum atomic E-state index is -0.292. The molecule has 0 unspecified atom stereocenters. The van der Waals surface area contributed by atoms with Gasteiger partial charge in [-0.1, -0.05) is 0 Å². The van der Waals surface area contributed by atoms with Crippen molar-refractivity contribution in [2.45, 2.75) is 13.8 Å². The number of nitrogens with zero attached hydrogens (tertiary/aromatic N) is 4. The molecule has 7 heteroatoms. The molecule has 2 heterocycles. The average molecular weight is 272 g/mol. The van der Waals surface area contributed by atoms with E-state index in [0.717, 1.165) is 17.0 Å². The summed E-state index contributed by atoms with van der Waals surface area (Å²) < 4.78 is 1.78. The number of carbonyl (C=O) groups excluding carboxylic acids is 1. The molecule has 0 aromatic carbocycles. The Balaban J connectivity index is 1.96. The van der Waals surface area contributed by atoms with Gasteiger partial charge in [0.25, 0.3) is 5.91 Å². The summed E-state index contributed by atoms with van der Waals surface area (Å²) >= 11 is 0. The van der Waals surface area contributed by atoms with Crippen LogP contribution in [-0.2, 0) is 11.8 Å². The highest BCUT2D eigenvalue weighted by Gasteiger charge is 2.06. The molecule has 0 fully saturated rings. The highest BCUT2D eigenvalue weighted by molar-refractivity contribution is 5.92. The van der Waals surface area contributed by atoms with E-state index in [9.17, 15) is 4.79 Å². The molecule has 0 aliphatic heterocycles. The number of nitrogens with one attached hydrogen (secondary N) is 2. The van der Waals surface area contributed by atoms with Gasteiger partial charge in [0.2, 0.25) is 5.95 Å². The van der Waals surface area contributed by atoms with Crippen molar-refractivity contribution < 1.29 is 4.79 Å². The second kappa shape index (κ2) is 5.96. The monoisotopic (exact) mass is 272 g/mol. The van der Waals surface area contributed by atoms with Crippen LogP contribution in [0.4, 0.5) is 5.95 Å². The molecule has 0 saturated carbocycles. The molecular weight excluding hydrogens is 256 g/mol. The van der Waals surface area contributed by atoms with Crippen LogP contribution in [0.2, 0.25) is 0 Å². The SMILES string of the molecule is Cc1nn(C)c(C)c1/C=C\C(=O)NNc1ncccn1. The molecule has 20 heavy (non-hydrogen) atoms. The summed E-state index contributed by atoms with van der Waals surface area (Å²) in [7, 11) is 1.87. The third-order valence-electron chi connectivity index (χ3n) is 2.83. The molecule has 104 valence electrons. The van der Waals surface area contributed by atoms with Crippen molar-refractivity contribution in [3.8, 4) is 0 Å². The van der Waals surface area contributed by atoms with Crippen LogP contribution < -0.4 is 10.9 Å². The molecule has 7 nitrogen and oxygen atoms in total. The van der Waals surface area contributed by atoms with Gasteiger partial charge in [-0.05, 0) is 26.0 Å². The molecule has 0 atom stereocenters. The summed E-state index contributed by atoms with van der Waals surface area (Å²) in [5, 5.41) is 4.28. The molecule has 0 saturated heterocycles. The largest absolute Gasteiger partial charge is 0.272 e. The first kappa shape index (κ1) is 13.7. The lowest BCUT2D eigenvalue weighted by Crippen LogP contribution is -2.28. The second-order valence-electron chi connectivity index (χ2n) is 4.23. The number of amides is 1. The van der Waals surface area contributed by atoms with Gasteiger partial charge in [0.15, 0.2) is 0 Å². The van der Waals surface area contributed by atoms with Crippen molar-refractivity contribution in [2.75, 3.05) is 5.43 Å². The van der Waals surface area contributed by atoms with Crippen LogP contribution in [0.5, 0.6) is 0 Å². The molecule has 0 spiro atoms. The number of carbonyl (C=O) groups is 1. The van der Waals surface area contributed by atoms with E-state index in [0.29, 0.717) is 5.95 Å². The Hall–Kier alpha value is -2.70. The molecule has 2 N–H and O–H groups in total. The van der Waals surface area contributed by atoms with Crippen LogP contribution in [0.3, 0.4) is 0 Å². The lowest BCUT2D eigenvalue weighted by atomic mass is 10.2. The van der Waals surface area contributed by atoms with Crippen LogP contribution in [0.1, 0.15) is 17.0 Å². The van der Waals surface area contributed by atoms with E-state index in [2.05, 4.69) is 25.9 Å². The van der Waals surface area contributed by atoms with E-state index in [1.54, 1.807) is 29.2 Å². The Kier molecular flexibility index (Phi) is 4.09. The zero-order valence-electron chi connectivity index (χ0n) is 11.6. The fourth-order valence-corrected chi connectivity index (χ4v) is 1.71. The van der Waals surface area contributed by atoms with Gasteiger partial charge in [-0.15, -0.1) is 0 Å². The first-order valence-electron chi connectivity index (χ1n) is 6.09. The lowest BCUT2D eigenvalue weighted by Gasteiger charge is -2.03. The van der Waals surface area contributed by atoms with Crippen LogP contribution >= 0.6 is 0 Å². The summed E-state index contributed by atoms with van der Waals surface area (Å²) in [6.45, 7) is 3.86. The molecule has 2 aromatic rings. The molecule has 0 aliphatic carbocycles. The van der Waals surface area contributed by atoms with E-state index in [4.69, 9.17) is 0 Å². The van der Waals surface area contributed by atoms with Crippen molar-refractivity contribution in [2.24, 2.45) is 7.05 Å². The molecule has 0 radical (unpaired) electrons. The van der Waals surface area contributed by atoms with Crippen LogP contribution in [0, 0.1) is 13.8 Å². The van der Waals surface area contributed by atoms with Crippen molar-refractivity contribution in [3.63, 3.8) is 0 Å². The number of aromatic nitrogens is 4. The fraction of sp³-hybridized carbons (Fsp3) is 0.231. The Bertz CT molecular complexity index is 632. The Morgan fingerprint density at radius 1 is 1.30 bits per heavy atom. The minimum absolute atomic E-state index is 0.292. The first-order valence-corrected chi connectivity index (χ1v) is 6.09. The molecule has 0 aliphatic rings. The third-order valence-corrected chi connectivity index (χ3v) is 2.83.